The Kier molecular flexibility index (Phi) is 11.1. The van der Waals surface area contributed by atoms with Crippen molar-refractivity contribution in [2.75, 3.05) is 35.2 Å². The van der Waals surface area contributed by atoms with Crippen molar-refractivity contribution in [1.29, 1.82) is 0 Å². The number of nitrogens with zero attached hydrogens (tertiary/aromatic N) is 5. The minimum absolute atomic E-state index is 0.0193. The van der Waals surface area contributed by atoms with E-state index in [1.807, 2.05) is 41.5 Å². The van der Waals surface area contributed by atoms with Gasteiger partial charge >= 0.3 is 6.03 Å². The number of amides is 6. The molecule has 3 rings (SSSR count). The Morgan fingerprint density at radius 1 is 0.500 bits per heavy atom. The standard InChI is InChI=1S/C10H18N2O2.C9H15NO2.C8H14N2O2/c1-6(2)8-10(14)11(4)7(3)9(13)12(8)5;1-5(2)7-8(11)6(3)9(12)10(7)4;1-5(2)6-7(11)10(4)8(12)9(6)3/h6-8H,1-5H3;5-7H,1-4H3;5-6H,1-4H3. The van der Waals surface area contributed by atoms with Crippen molar-refractivity contribution in [2.24, 2.45) is 23.7 Å². The molecule has 3 saturated heterocycles. The van der Waals surface area contributed by atoms with Gasteiger partial charge in [-0.15, -0.1) is 0 Å². The van der Waals surface area contributed by atoms with E-state index in [4.69, 9.17) is 0 Å². The molecule has 11 heteroatoms. The fraction of sp³-hybridized carbons (Fsp3) is 0.778. The second-order valence-corrected chi connectivity index (χ2v) is 11.5. The molecule has 0 radical (unpaired) electrons. The van der Waals surface area contributed by atoms with E-state index in [-0.39, 0.29) is 77.4 Å². The van der Waals surface area contributed by atoms with Gasteiger partial charge in [0.1, 0.15) is 18.1 Å². The third-order valence-electron chi connectivity index (χ3n) is 7.64. The number of likely N-dealkylation sites (N-methyl/N-ethyl adjacent to an activating group) is 5. The number of urea groups is 1. The summed E-state index contributed by atoms with van der Waals surface area (Å²) in [6, 6.07) is -1.32. The van der Waals surface area contributed by atoms with Crippen LogP contribution in [0.25, 0.3) is 0 Å². The highest BCUT2D eigenvalue weighted by molar-refractivity contribution is 6.10. The fourth-order valence-corrected chi connectivity index (χ4v) is 5.23. The first kappa shape index (κ1) is 33.0. The Hall–Kier alpha value is -2.98. The van der Waals surface area contributed by atoms with Crippen LogP contribution in [0.2, 0.25) is 0 Å². The molecule has 0 aliphatic carbocycles. The predicted molar refractivity (Wildman–Crippen MR) is 144 cm³/mol. The normalized spacial score (nSPS) is 28.1. The topological polar surface area (TPSA) is 119 Å². The van der Waals surface area contributed by atoms with Crippen molar-refractivity contribution in [3.8, 4) is 0 Å². The van der Waals surface area contributed by atoms with Gasteiger partial charge in [0.25, 0.3) is 5.91 Å². The van der Waals surface area contributed by atoms with E-state index in [9.17, 15) is 28.8 Å². The molecule has 5 unspecified atom stereocenters. The van der Waals surface area contributed by atoms with Crippen LogP contribution in [0.4, 0.5) is 4.79 Å². The van der Waals surface area contributed by atoms with Crippen LogP contribution in [-0.4, -0.2) is 119 Å². The van der Waals surface area contributed by atoms with Crippen molar-refractivity contribution in [1.82, 2.24) is 24.5 Å². The second kappa shape index (κ2) is 12.7. The van der Waals surface area contributed by atoms with Gasteiger partial charge in [-0.2, -0.15) is 0 Å². The Bertz CT molecular complexity index is 900. The zero-order valence-electron chi connectivity index (χ0n) is 25.3. The van der Waals surface area contributed by atoms with Gasteiger partial charge in [-0.1, -0.05) is 41.5 Å². The minimum Gasteiger partial charge on any atom is -0.335 e. The molecule has 3 fully saturated rings. The van der Waals surface area contributed by atoms with Crippen LogP contribution in [0.5, 0.6) is 0 Å². The average Bonchev–Trinajstić information content (AvgIpc) is 3.15. The maximum absolute atomic E-state index is 11.9. The van der Waals surface area contributed by atoms with Crippen LogP contribution < -0.4 is 0 Å². The number of carbonyl (C=O) groups is 6. The number of likely N-dealkylation sites (tertiary alicyclic amines) is 1. The van der Waals surface area contributed by atoms with E-state index >= 15 is 0 Å². The Labute approximate surface area is 227 Å². The summed E-state index contributed by atoms with van der Waals surface area (Å²) in [5, 5.41) is 0. The highest BCUT2D eigenvalue weighted by atomic mass is 16.2. The molecule has 3 aliphatic rings. The molecular formula is C27H47N5O6. The molecule has 0 aromatic heterocycles. The molecule has 3 heterocycles. The third kappa shape index (κ3) is 6.35. The van der Waals surface area contributed by atoms with E-state index in [1.54, 1.807) is 51.8 Å². The predicted octanol–water partition coefficient (Wildman–Crippen LogP) is 1.55. The molecule has 0 saturated carbocycles. The lowest BCUT2D eigenvalue weighted by Gasteiger charge is -2.42. The lowest BCUT2D eigenvalue weighted by molar-refractivity contribution is -0.159. The van der Waals surface area contributed by atoms with Crippen LogP contribution in [0, 0.1) is 23.7 Å². The van der Waals surface area contributed by atoms with Gasteiger partial charge in [-0.05, 0) is 31.6 Å². The van der Waals surface area contributed by atoms with Gasteiger partial charge in [0.05, 0.1) is 12.0 Å². The molecular weight excluding hydrogens is 490 g/mol. The lowest BCUT2D eigenvalue weighted by atomic mass is 9.97. The summed E-state index contributed by atoms with van der Waals surface area (Å²) in [6.45, 7) is 15.1. The lowest BCUT2D eigenvalue weighted by Crippen LogP contribution is -2.62. The minimum atomic E-state index is -0.428. The number of hydrogen-bond acceptors (Lipinski definition) is 6. The summed E-state index contributed by atoms with van der Waals surface area (Å²) in [7, 11) is 8.27. The van der Waals surface area contributed by atoms with E-state index in [0.717, 1.165) is 0 Å². The van der Waals surface area contributed by atoms with Gasteiger partial charge in [0, 0.05) is 35.2 Å². The maximum atomic E-state index is 11.9. The van der Waals surface area contributed by atoms with Crippen molar-refractivity contribution < 1.29 is 28.8 Å². The first-order chi connectivity index (χ1) is 17.3. The SMILES string of the molecule is CC(C)C1C(=O)N(C)C(=O)N1C.CC(C)C1C(=O)N(C)C(C)C(=O)N1C.CC1C(=O)C(C(C)C)N(C)C1=O. The molecule has 0 aromatic carbocycles. The van der Waals surface area contributed by atoms with E-state index in [0.29, 0.717) is 0 Å². The van der Waals surface area contributed by atoms with Crippen molar-refractivity contribution >= 4 is 35.4 Å². The zero-order chi connectivity index (χ0) is 30.0. The first-order valence-corrected chi connectivity index (χ1v) is 13.2. The summed E-state index contributed by atoms with van der Waals surface area (Å²) in [4.78, 5) is 76.5. The Morgan fingerprint density at radius 2 is 0.895 bits per heavy atom. The molecule has 0 spiro atoms. The zero-order valence-corrected chi connectivity index (χ0v) is 25.3. The number of piperazine rings is 1. The largest absolute Gasteiger partial charge is 0.335 e. The van der Waals surface area contributed by atoms with Crippen LogP contribution in [0.15, 0.2) is 0 Å². The van der Waals surface area contributed by atoms with E-state index in [1.165, 1.54) is 21.7 Å². The van der Waals surface area contributed by atoms with Crippen LogP contribution in [0.3, 0.4) is 0 Å². The van der Waals surface area contributed by atoms with Crippen molar-refractivity contribution in [3.05, 3.63) is 0 Å². The number of ketones is 1. The monoisotopic (exact) mass is 537 g/mol. The van der Waals surface area contributed by atoms with Gasteiger partial charge in [0.2, 0.25) is 17.7 Å². The second-order valence-electron chi connectivity index (χ2n) is 11.5. The summed E-state index contributed by atoms with van der Waals surface area (Å²) in [5.74, 6) is 0.107. The number of rotatable bonds is 3. The molecule has 3 aliphatic heterocycles. The average molecular weight is 538 g/mol. The summed E-state index contributed by atoms with van der Waals surface area (Å²) >= 11 is 0. The number of imide groups is 1. The van der Waals surface area contributed by atoms with E-state index in [2.05, 4.69) is 0 Å². The van der Waals surface area contributed by atoms with Crippen LogP contribution >= 0.6 is 0 Å². The maximum Gasteiger partial charge on any atom is 0.326 e. The quantitative estimate of drug-likeness (QED) is 0.398. The van der Waals surface area contributed by atoms with Gasteiger partial charge in [-0.3, -0.25) is 28.9 Å². The molecule has 0 N–H and O–H groups in total. The van der Waals surface area contributed by atoms with Crippen molar-refractivity contribution in [3.63, 3.8) is 0 Å². The van der Waals surface area contributed by atoms with Crippen LogP contribution in [-0.2, 0) is 24.0 Å². The van der Waals surface area contributed by atoms with Gasteiger partial charge in [-0.25, -0.2) is 4.79 Å². The first-order valence-electron chi connectivity index (χ1n) is 13.2. The summed E-state index contributed by atoms with van der Waals surface area (Å²) in [5.41, 5.74) is 0. The van der Waals surface area contributed by atoms with Gasteiger partial charge < -0.3 is 19.6 Å². The number of carbonyl (C=O) groups excluding carboxylic acids is 6. The molecule has 0 aromatic rings. The van der Waals surface area contributed by atoms with E-state index < -0.39 is 5.92 Å². The Morgan fingerprint density at radius 3 is 1.16 bits per heavy atom. The summed E-state index contributed by atoms with van der Waals surface area (Å²) < 4.78 is 0. The molecule has 11 nitrogen and oxygen atoms in total. The fourth-order valence-electron chi connectivity index (χ4n) is 5.23. The highest BCUT2D eigenvalue weighted by Crippen LogP contribution is 2.24. The summed E-state index contributed by atoms with van der Waals surface area (Å²) in [6.07, 6.45) is 0. The number of hydrogen-bond donors (Lipinski definition) is 0. The van der Waals surface area contributed by atoms with Gasteiger partial charge in [0.15, 0.2) is 5.78 Å². The molecule has 0 bridgehead atoms. The highest BCUT2D eigenvalue weighted by Gasteiger charge is 2.44. The molecule has 38 heavy (non-hydrogen) atoms. The van der Waals surface area contributed by atoms with Crippen molar-refractivity contribution in [2.45, 2.75) is 79.6 Å². The molecule has 5 atom stereocenters. The number of Topliss-reactive ketones (excluding diaryl/α,β-unsaturated/α-hetero) is 1. The Balaban J connectivity index is 0.000000286. The third-order valence-corrected chi connectivity index (χ3v) is 7.64. The smallest absolute Gasteiger partial charge is 0.326 e. The molecule has 6 amide bonds. The van der Waals surface area contributed by atoms with Crippen LogP contribution in [0.1, 0.15) is 55.4 Å². The molecule has 216 valence electrons.